The van der Waals surface area contributed by atoms with Gasteiger partial charge in [0.15, 0.2) is 0 Å². The van der Waals surface area contributed by atoms with Gasteiger partial charge < -0.3 is 25.2 Å². The number of aliphatic hydroxyl groups excluding tert-OH is 2. The van der Waals surface area contributed by atoms with E-state index in [1.807, 2.05) is 13.0 Å². The molecule has 1 rings (SSSR count). The first-order chi connectivity index (χ1) is 12.4. The Kier molecular flexibility index (Phi) is 8.67. The van der Waals surface area contributed by atoms with Crippen LogP contribution >= 0.6 is 0 Å². The molecule has 0 aliphatic heterocycles. The molecular formula is C21H36O6. The molecule has 0 aromatic carbocycles. The molecule has 0 saturated carbocycles. The molecule has 1 aliphatic rings. The summed E-state index contributed by atoms with van der Waals surface area (Å²) in [5, 5.41) is 42.3. The van der Waals surface area contributed by atoms with Crippen LogP contribution in [0.15, 0.2) is 23.8 Å². The Morgan fingerprint density at radius 3 is 2.33 bits per heavy atom. The Hall–Kier alpha value is -1.21. The number of esters is 1. The molecule has 0 aromatic rings. The topological polar surface area (TPSA) is 107 Å². The number of rotatable bonds is 2. The first-order valence-electron chi connectivity index (χ1n) is 9.64. The van der Waals surface area contributed by atoms with E-state index in [9.17, 15) is 25.2 Å². The van der Waals surface area contributed by atoms with E-state index in [1.54, 1.807) is 13.8 Å². The largest absolute Gasteiger partial charge is 0.466 e. The van der Waals surface area contributed by atoms with Gasteiger partial charge in [-0.1, -0.05) is 18.2 Å². The molecule has 0 fully saturated rings. The fourth-order valence-electron chi connectivity index (χ4n) is 3.44. The Balaban J connectivity index is 3.11. The van der Waals surface area contributed by atoms with E-state index in [1.165, 1.54) is 7.11 Å². The van der Waals surface area contributed by atoms with Gasteiger partial charge in [-0.3, -0.25) is 0 Å². The molecule has 0 unspecified atom stereocenters. The molecule has 0 amide bonds. The predicted octanol–water partition coefficient (Wildman–Crippen LogP) is 2.25. The molecule has 1 aliphatic carbocycles. The highest BCUT2D eigenvalue weighted by Gasteiger charge is 2.36. The first-order valence-corrected chi connectivity index (χ1v) is 9.64. The zero-order chi connectivity index (χ0) is 20.8. The number of methoxy groups -OCH3 is 1. The summed E-state index contributed by atoms with van der Waals surface area (Å²) in [6, 6.07) is 0. The molecule has 6 nitrogen and oxygen atoms in total. The highest BCUT2D eigenvalue weighted by Crippen LogP contribution is 2.33. The quantitative estimate of drug-likeness (QED) is 0.330. The summed E-state index contributed by atoms with van der Waals surface area (Å²) in [6.07, 6.45) is 2.74. The molecule has 0 bridgehead atoms. The Bertz CT molecular complexity index is 549. The van der Waals surface area contributed by atoms with Crippen molar-refractivity contribution in [3.63, 3.8) is 0 Å². The van der Waals surface area contributed by atoms with Crippen molar-refractivity contribution in [2.45, 2.75) is 89.1 Å². The molecule has 0 radical (unpaired) electrons. The van der Waals surface area contributed by atoms with Gasteiger partial charge in [0.1, 0.15) is 0 Å². The van der Waals surface area contributed by atoms with Crippen LogP contribution in [0.3, 0.4) is 0 Å². The Labute approximate surface area is 162 Å². The minimum atomic E-state index is -1.33. The lowest BCUT2D eigenvalue weighted by atomic mass is 9.79. The average molecular weight is 385 g/mol. The van der Waals surface area contributed by atoms with Crippen LogP contribution in [0.5, 0.6) is 0 Å². The van der Waals surface area contributed by atoms with E-state index in [0.29, 0.717) is 32.1 Å². The van der Waals surface area contributed by atoms with Gasteiger partial charge in [-0.15, -0.1) is 0 Å². The number of carbonyl (C=O) groups is 1. The van der Waals surface area contributed by atoms with Gasteiger partial charge in [0.05, 0.1) is 30.5 Å². The van der Waals surface area contributed by atoms with Gasteiger partial charge in [0.2, 0.25) is 0 Å². The van der Waals surface area contributed by atoms with Gasteiger partial charge >= 0.3 is 5.97 Å². The first kappa shape index (κ1) is 23.8. The van der Waals surface area contributed by atoms with Crippen LogP contribution in [0.1, 0.15) is 65.7 Å². The van der Waals surface area contributed by atoms with Crippen LogP contribution < -0.4 is 0 Å². The highest BCUT2D eigenvalue weighted by atomic mass is 16.5. The number of ether oxygens (including phenoxy) is 1. The minimum absolute atomic E-state index is 0.121. The van der Waals surface area contributed by atoms with E-state index in [0.717, 1.165) is 5.57 Å². The molecule has 0 saturated heterocycles. The lowest BCUT2D eigenvalue weighted by Crippen LogP contribution is -2.42. The molecule has 27 heavy (non-hydrogen) atoms. The third kappa shape index (κ3) is 7.03. The predicted molar refractivity (Wildman–Crippen MR) is 104 cm³/mol. The van der Waals surface area contributed by atoms with Crippen LogP contribution in [0.4, 0.5) is 0 Å². The average Bonchev–Trinajstić information content (AvgIpc) is 2.60. The maximum Gasteiger partial charge on any atom is 0.333 e. The van der Waals surface area contributed by atoms with Crippen molar-refractivity contribution >= 4 is 5.97 Å². The lowest BCUT2D eigenvalue weighted by Gasteiger charge is -2.34. The summed E-state index contributed by atoms with van der Waals surface area (Å²) < 4.78 is 4.74. The van der Waals surface area contributed by atoms with Crippen molar-refractivity contribution in [1.29, 1.82) is 0 Å². The summed E-state index contributed by atoms with van der Waals surface area (Å²) >= 11 is 0. The molecule has 156 valence electrons. The van der Waals surface area contributed by atoms with Crippen molar-refractivity contribution in [3.8, 4) is 0 Å². The van der Waals surface area contributed by atoms with Crippen LogP contribution in [0.25, 0.3) is 0 Å². The number of allylic oxidation sites excluding steroid dienone is 2. The third-order valence-corrected chi connectivity index (χ3v) is 5.84. The molecular weight excluding hydrogens is 348 g/mol. The Morgan fingerprint density at radius 2 is 1.74 bits per heavy atom. The number of hydrogen-bond donors (Lipinski definition) is 4. The van der Waals surface area contributed by atoms with E-state index >= 15 is 0 Å². The minimum Gasteiger partial charge on any atom is -0.466 e. The summed E-state index contributed by atoms with van der Waals surface area (Å²) in [6.45, 7) is 8.91. The van der Waals surface area contributed by atoms with Gasteiger partial charge in [-0.05, 0) is 71.6 Å². The summed E-state index contributed by atoms with van der Waals surface area (Å²) in [5.74, 6) is -1.05. The highest BCUT2D eigenvalue weighted by molar-refractivity contribution is 5.88. The molecule has 0 heterocycles. The second kappa shape index (κ2) is 9.82. The van der Waals surface area contributed by atoms with Crippen LogP contribution in [-0.2, 0) is 9.53 Å². The normalized spacial score (nSPS) is 39.0. The Morgan fingerprint density at radius 1 is 1.15 bits per heavy atom. The molecule has 5 atom stereocenters. The van der Waals surface area contributed by atoms with Crippen molar-refractivity contribution in [2.24, 2.45) is 5.92 Å². The zero-order valence-corrected chi connectivity index (χ0v) is 17.1. The molecule has 0 spiro atoms. The van der Waals surface area contributed by atoms with Gasteiger partial charge in [-0.25, -0.2) is 4.79 Å². The van der Waals surface area contributed by atoms with E-state index in [4.69, 9.17) is 4.74 Å². The number of carbonyl (C=O) groups excluding carboxylic acids is 1. The zero-order valence-electron chi connectivity index (χ0n) is 17.1. The van der Waals surface area contributed by atoms with Crippen LogP contribution in [-0.4, -0.2) is 56.9 Å². The monoisotopic (exact) mass is 384 g/mol. The number of aliphatic hydroxyl groups is 4. The van der Waals surface area contributed by atoms with Crippen LogP contribution in [0.2, 0.25) is 0 Å². The smallest absolute Gasteiger partial charge is 0.333 e. The molecule has 6 heteroatoms. The van der Waals surface area contributed by atoms with Crippen molar-refractivity contribution < 1.29 is 30.0 Å². The molecule has 0 aromatic heterocycles. The van der Waals surface area contributed by atoms with Crippen molar-refractivity contribution in [1.82, 2.24) is 0 Å². The maximum absolute atomic E-state index is 11.9. The van der Waals surface area contributed by atoms with Crippen molar-refractivity contribution in [2.75, 3.05) is 7.11 Å². The second-order valence-corrected chi connectivity index (χ2v) is 8.36. The second-order valence-electron chi connectivity index (χ2n) is 8.36. The van der Waals surface area contributed by atoms with Gasteiger partial charge in [0.25, 0.3) is 0 Å². The fourth-order valence-corrected chi connectivity index (χ4v) is 3.44. The van der Waals surface area contributed by atoms with Crippen molar-refractivity contribution in [3.05, 3.63) is 23.8 Å². The summed E-state index contributed by atoms with van der Waals surface area (Å²) in [7, 11) is 1.26. The van der Waals surface area contributed by atoms with E-state index in [2.05, 4.69) is 6.58 Å². The van der Waals surface area contributed by atoms with Gasteiger partial charge in [-0.2, -0.15) is 0 Å². The standard InChI is InChI=1S/C21H36O6/c1-14-7-6-11-20(3,25)18(23)13-16(15(2)19(24)27-5)10-12-21(4,26)17(22)9-8-14/h7,16-18,22-23,25-26H,2,6,8-13H2,1,3-5H3/b14-7+/t16-,17+,18-,20+,21-/m0/s1. The maximum atomic E-state index is 11.9. The van der Waals surface area contributed by atoms with E-state index in [-0.39, 0.29) is 18.4 Å². The lowest BCUT2D eigenvalue weighted by molar-refractivity contribution is -0.137. The SMILES string of the molecule is C=C(C(=O)OC)[C@H]1CC[C@](C)(O)[C@H](O)CC/C(C)=C/CC[C@@](C)(O)[C@@H](O)C1. The summed E-state index contributed by atoms with van der Waals surface area (Å²) in [5.41, 5.74) is -1.37. The summed E-state index contributed by atoms with van der Waals surface area (Å²) in [4.78, 5) is 11.9. The van der Waals surface area contributed by atoms with Gasteiger partial charge in [0, 0.05) is 5.57 Å². The molecule has 4 N–H and O–H groups in total. The number of hydrogen-bond acceptors (Lipinski definition) is 6. The fraction of sp³-hybridized carbons (Fsp3) is 0.762. The van der Waals surface area contributed by atoms with Crippen LogP contribution in [0, 0.1) is 5.92 Å². The van der Waals surface area contributed by atoms with E-state index < -0.39 is 35.3 Å². The third-order valence-electron chi connectivity index (χ3n) is 5.84.